The molecule has 0 aliphatic heterocycles. The van der Waals surface area contributed by atoms with Gasteiger partial charge >= 0.3 is 0 Å². The summed E-state index contributed by atoms with van der Waals surface area (Å²) in [5.41, 5.74) is 1.78. The monoisotopic (exact) mass is 203 g/mol. The summed E-state index contributed by atoms with van der Waals surface area (Å²) in [7, 11) is 0. The van der Waals surface area contributed by atoms with E-state index in [1.54, 1.807) is 0 Å². The van der Waals surface area contributed by atoms with E-state index in [-0.39, 0.29) is 0 Å². The fourth-order valence-electron chi connectivity index (χ4n) is 1.39. The van der Waals surface area contributed by atoms with E-state index in [2.05, 4.69) is 24.9 Å². The third-order valence-corrected chi connectivity index (χ3v) is 2.14. The molecular formula is C12H17N3. The zero-order valence-corrected chi connectivity index (χ0v) is 9.16. The first-order chi connectivity index (χ1) is 7.27. The summed E-state index contributed by atoms with van der Waals surface area (Å²) in [5, 5.41) is 12.1. The average Bonchev–Trinajstić information content (AvgIpc) is 2.65. The molecule has 0 aliphatic carbocycles. The molecule has 0 atom stereocenters. The number of aromatic nitrogens is 1. The molecule has 0 unspecified atom stereocenters. The van der Waals surface area contributed by atoms with Crippen LogP contribution in [0.5, 0.6) is 0 Å². The van der Waals surface area contributed by atoms with Crippen LogP contribution in [0.3, 0.4) is 0 Å². The lowest BCUT2D eigenvalue weighted by molar-refractivity contribution is 0.673. The predicted octanol–water partition coefficient (Wildman–Crippen LogP) is 1.92. The van der Waals surface area contributed by atoms with Gasteiger partial charge in [-0.2, -0.15) is 5.26 Å². The van der Waals surface area contributed by atoms with Gasteiger partial charge in [0.2, 0.25) is 0 Å². The Bertz CT molecular complexity index is 357. The summed E-state index contributed by atoms with van der Waals surface area (Å²) >= 11 is 0. The maximum Gasteiger partial charge on any atom is 0.120 e. The molecule has 0 bridgehead atoms. The highest BCUT2D eigenvalue weighted by molar-refractivity contribution is 5.23. The molecular weight excluding hydrogens is 186 g/mol. The van der Waals surface area contributed by atoms with E-state index in [0.717, 1.165) is 25.1 Å². The van der Waals surface area contributed by atoms with Crippen molar-refractivity contribution in [2.75, 3.05) is 13.1 Å². The molecule has 0 amide bonds. The molecule has 0 radical (unpaired) electrons. The molecule has 0 spiro atoms. The highest BCUT2D eigenvalue weighted by atomic mass is 15.0. The highest BCUT2D eigenvalue weighted by Gasteiger charge is 2.00. The molecule has 1 N–H and O–H groups in total. The molecule has 1 aromatic rings. The second-order valence-electron chi connectivity index (χ2n) is 3.56. The van der Waals surface area contributed by atoms with Gasteiger partial charge in [0.15, 0.2) is 0 Å². The van der Waals surface area contributed by atoms with Crippen LogP contribution in [-0.2, 0) is 6.54 Å². The van der Waals surface area contributed by atoms with E-state index >= 15 is 0 Å². The van der Waals surface area contributed by atoms with E-state index in [9.17, 15) is 0 Å². The second-order valence-corrected chi connectivity index (χ2v) is 3.56. The van der Waals surface area contributed by atoms with Crippen LogP contribution in [0.4, 0.5) is 0 Å². The van der Waals surface area contributed by atoms with E-state index < -0.39 is 0 Å². The molecule has 0 saturated carbocycles. The minimum atomic E-state index is 0.687. The van der Waals surface area contributed by atoms with Crippen molar-refractivity contribution in [3.05, 3.63) is 36.2 Å². The number of nitrogens with zero attached hydrogens (tertiary/aromatic N) is 2. The van der Waals surface area contributed by atoms with Gasteiger partial charge in [-0.1, -0.05) is 13.5 Å². The van der Waals surface area contributed by atoms with Gasteiger partial charge in [-0.15, -0.1) is 0 Å². The first-order valence-electron chi connectivity index (χ1n) is 5.20. The van der Waals surface area contributed by atoms with E-state index in [4.69, 9.17) is 5.26 Å². The number of nitrogens with one attached hydrogen (secondary N) is 1. The van der Waals surface area contributed by atoms with Crippen molar-refractivity contribution in [2.45, 2.75) is 19.9 Å². The number of nitriles is 1. The minimum Gasteiger partial charge on any atom is -0.335 e. The SMILES string of the molecule is C=C(CNCCC)Cn1cccc1C#N. The van der Waals surface area contributed by atoms with Crippen molar-refractivity contribution in [1.29, 1.82) is 5.26 Å². The normalized spacial score (nSPS) is 9.87. The summed E-state index contributed by atoms with van der Waals surface area (Å²) in [6.07, 6.45) is 3.03. The Morgan fingerprint density at radius 3 is 3.13 bits per heavy atom. The van der Waals surface area contributed by atoms with Gasteiger partial charge in [0, 0.05) is 19.3 Å². The van der Waals surface area contributed by atoms with Crippen molar-refractivity contribution in [1.82, 2.24) is 9.88 Å². The standard InChI is InChI=1S/C12H17N3/c1-3-6-14-9-11(2)10-15-7-4-5-12(15)8-13/h4-5,7,14H,2-3,6,9-10H2,1H3. The Labute approximate surface area is 91.0 Å². The fourth-order valence-corrected chi connectivity index (χ4v) is 1.39. The Balaban J connectivity index is 2.42. The lowest BCUT2D eigenvalue weighted by Gasteiger charge is -2.08. The van der Waals surface area contributed by atoms with Crippen molar-refractivity contribution in [3.8, 4) is 6.07 Å². The molecule has 1 heterocycles. The molecule has 0 aliphatic rings. The summed E-state index contributed by atoms with van der Waals surface area (Å²) in [5.74, 6) is 0. The van der Waals surface area contributed by atoms with Crippen LogP contribution in [0.25, 0.3) is 0 Å². The quantitative estimate of drug-likeness (QED) is 0.567. The summed E-state index contributed by atoms with van der Waals surface area (Å²) in [4.78, 5) is 0. The fraction of sp³-hybridized carbons (Fsp3) is 0.417. The summed E-state index contributed by atoms with van der Waals surface area (Å²) in [6, 6.07) is 5.84. The molecule has 0 saturated heterocycles. The number of rotatable bonds is 6. The van der Waals surface area contributed by atoms with Crippen molar-refractivity contribution < 1.29 is 0 Å². The van der Waals surface area contributed by atoms with Gasteiger partial charge in [-0.25, -0.2) is 0 Å². The average molecular weight is 203 g/mol. The van der Waals surface area contributed by atoms with E-state index in [0.29, 0.717) is 12.2 Å². The Kier molecular flexibility index (Phi) is 4.65. The molecule has 1 aromatic heterocycles. The van der Waals surface area contributed by atoms with Crippen LogP contribution in [0, 0.1) is 11.3 Å². The first-order valence-corrected chi connectivity index (χ1v) is 5.20. The zero-order chi connectivity index (χ0) is 11.1. The third kappa shape index (κ3) is 3.61. The van der Waals surface area contributed by atoms with E-state index in [1.807, 2.05) is 22.9 Å². The molecule has 0 aromatic carbocycles. The van der Waals surface area contributed by atoms with E-state index in [1.165, 1.54) is 0 Å². The topological polar surface area (TPSA) is 40.8 Å². The van der Waals surface area contributed by atoms with Gasteiger partial charge < -0.3 is 9.88 Å². The predicted molar refractivity (Wildman–Crippen MR) is 61.4 cm³/mol. The summed E-state index contributed by atoms with van der Waals surface area (Å²) < 4.78 is 1.91. The van der Waals surface area contributed by atoms with Gasteiger partial charge in [-0.3, -0.25) is 0 Å². The first kappa shape index (κ1) is 11.5. The molecule has 1 rings (SSSR count). The molecule has 3 nitrogen and oxygen atoms in total. The van der Waals surface area contributed by atoms with Gasteiger partial charge in [-0.05, 0) is 30.7 Å². The Hall–Kier alpha value is -1.53. The smallest absolute Gasteiger partial charge is 0.120 e. The van der Waals surface area contributed by atoms with Crippen LogP contribution in [0.2, 0.25) is 0 Å². The molecule has 80 valence electrons. The third-order valence-electron chi connectivity index (χ3n) is 2.14. The number of hydrogen-bond acceptors (Lipinski definition) is 2. The zero-order valence-electron chi connectivity index (χ0n) is 9.16. The largest absolute Gasteiger partial charge is 0.335 e. The number of hydrogen-bond donors (Lipinski definition) is 1. The Morgan fingerprint density at radius 1 is 1.67 bits per heavy atom. The van der Waals surface area contributed by atoms with Crippen molar-refractivity contribution in [2.24, 2.45) is 0 Å². The molecule has 0 fully saturated rings. The molecule has 3 heteroatoms. The maximum atomic E-state index is 8.82. The van der Waals surface area contributed by atoms with Crippen LogP contribution >= 0.6 is 0 Å². The van der Waals surface area contributed by atoms with Crippen LogP contribution < -0.4 is 5.32 Å². The van der Waals surface area contributed by atoms with Gasteiger partial charge in [0.05, 0.1) is 0 Å². The van der Waals surface area contributed by atoms with Gasteiger partial charge in [0.25, 0.3) is 0 Å². The van der Waals surface area contributed by atoms with Crippen molar-refractivity contribution in [3.63, 3.8) is 0 Å². The van der Waals surface area contributed by atoms with Crippen molar-refractivity contribution >= 4 is 0 Å². The lowest BCUT2D eigenvalue weighted by atomic mass is 10.3. The second kappa shape index (κ2) is 6.05. The van der Waals surface area contributed by atoms with Crippen LogP contribution in [-0.4, -0.2) is 17.7 Å². The molecule has 15 heavy (non-hydrogen) atoms. The van der Waals surface area contributed by atoms with Crippen LogP contribution in [0.15, 0.2) is 30.5 Å². The van der Waals surface area contributed by atoms with Gasteiger partial charge in [0.1, 0.15) is 11.8 Å². The van der Waals surface area contributed by atoms with Crippen LogP contribution in [0.1, 0.15) is 19.0 Å². The summed E-state index contributed by atoms with van der Waals surface area (Å²) in [6.45, 7) is 8.66. The minimum absolute atomic E-state index is 0.687. The highest BCUT2D eigenvalue weighted by Crippen LogP contribution is 2.03. The lowest BCUT2D eigenvalue weighted by Crippen LogP contribution is -2.19. The maximum absolute atomic E-state index is 8.82. The Morgan fingerprint density at radius 2 is 2.47 bits per heavy atom.